The lowest BCUT2D eigenvalue weighted by molar-refractivity contribution is 0.481. The first kappa shape index (κ1) is 10.7. The first-order chi connectivity index (χ1) is 7.65. The number of hydrogen-bond donors (Lipinski definition) is 0. The average molecular weight is 220 g/mol. The van der Waals surface area contributed by atoms with Gasteiger partial charge in [-0.25, -0.2) is 4.98 Å². The van der Waals surface area contributed by atoms with Crippen molar-refractivity contribution >= 4 is 5.69 Å². The van der Waals surface area contributed by atoms with Crippen LogP contribution in [-0.2, 0) is 6.54 Å². The Labute approximate surface area is 93.5 Å². The van der Waals surface area contributed by atoms with Crippen molar-refractivity contribution in [3.8, 4) is 0 Å². The normalized spacial score (nSPS) is 10.4. The molecule has 0 amide bonds. The SMILES string of the molecule is Cc1ccc(CN(C)c2ccnc(F)c2)o1. The molecule has 0 N–H and O–H groups in total. The third kappa shape index (κ3) is 2.39. The van der Waals surface area contributed by atoms with E-state index in [1.165, 1.54) is 12.3 Å². The van der Waals surface area contributed by atoms with E-state index in [0.717, 1.165) is 17.2 Å². The number of halogens is 1. The maximum Gasteiger partial charge on any atom is 0.214 e. The van der Waals surface area contributed by atoms with Crippen LogP contribution in [0.25, 0.3) is 0 Å². The van der Waals surface area contributed by atoms with Gasteiger partial charge in [0.1, 0.15) is 11.5 Å². The molecule has 0 fully saturated rings. The van der Waals surface area contributed by atoms with Gasteiger partial charge in [0.05, 0.1) is 6.54 Å². The molecule has 0 spiro atoms. The molecule has 0 atom stereocenters. The summed E-state index contributed by atoms with van der Waals surface area (Å²) in [5.41, 5.74) is 0.779. The van der Waals surface area contributed by atoms with Crippen molar-refractivity contribution in [2.75, 3.05) is 11.9 Å². The van der Waals surface area contributed by atoms with Gasteiger partial charge < -0.3 is 9.32 Å². The molecule has 2 rings (SSSR count). The molecule has 0 saturated carbocycles. The summed E-state index contributed by atoms with van der Waals surface area (Å²) < 4.78 is 18.4. The van der Waals surface area contributed by atoms with Crippen LogP contribution in [-0.4, -0.2) is 12.0 Å². The smallest absolute Gasteiger partial charge is 0.214 e. The highest BCUT2D eigenvalue weighted by atomic mass is 19.1. The molecular weight excluding hydrogens is 207 g/mol. The van der Waals surface area contributed by atoms with Crippen LogP contribution in [0.3, 0.4) is 0 Å². The molecule has 0 saturated heterocycles. The first-order valence-corrected chi connectivity index (χ1v) is 5.03. The van der Waals surface area contributed by atoms with Crippen LogP contribution in [0.15, 0.2) is 34.9 Å². The third-order valence-electron chi connectivity index (χ3n) is 2.34. The van der Waals surface area contributed by atoms with E-state index in [1.54, 1.807) is 6.07 Å². The summed E-state index contributed by atoms with van der Waals surface area (Å²) in [4.78, 5) is 5.42. The Bertz CT molecular complexity index is 481. The maximum absolute atomic E-state index is 12.9. The maximum atomic E-state index is 12.9. The van der Waals surface area contributed by atoms with E-state index in [0.29, 0.717) is 6.54 Å². The number of nitrogens with zero attached hydrogens (tertiary/aromatic N) is 2. The van der Waals surface area contributed by atoms with Gasteiger partial charge >= 0.3 is 0 Å². The zero-order chi connectivity index (χ0) is 11.5. The molecule has 0 bridgehead atoms. The van der Waals surface area contributed by atoms with Gasteiger partial charge in [-0.15, -0.1) is 0 Å². The minimum Gasteiger partial charge on any atom is -0.464 e. The fourth-order valence-corrected chi connectivity index (χ4v) is 1.52. The molecule has 4 heteroatoms. The molecule has 0 aliphatic rings. The molecule has 0 aliphatic heterocycles. The predicted molar refractivity (Wildman–Crippen MR) is 59.7 cm³/mol. The Morgan fingerprint density at radius 2 is 2.19 bits per heavy atom. The van der Waals surface area contributed by atoms with Gasteiger partial charge in [0.25, 0.3) is 0 Å². The van der Waals surface area contributed by atoms with E-state index < -0.39 is 5.95 Å². The molecule has 2 aromatic heterocycles. The van der Waals surface area contributed by atoms with Crippen LogP contribution < -0.4 is 4.90 Å². The second kappa shape index (κ2) is 4.35. The number of furan rings is 1. The molecule has 2 aromatic rings. The van der Waals surface area contributed by atoms with Gasteiger partial charge in [0.2, 0.25) is 5.95 Å². The lowest BCUT2D eigenvalue weighted by atomic mass is 10.3. The van der Waals surface area contributed by atoms with Crippen LogP contribution in [0.1, 0.15) is 11.5 Å². The van der Waals surface area contributed by atoms with Crippen molar-refractivity contribution in [3.05, 3.63) is 47.9 Å². The van der Waals surface area contributed by atoms with Crippen molar-refractivity contribution < 1.29 is 8.81 Å². The Hall–Kier alpha value is -1.84. The summed E-state index contributed by atoms with van der Waals surface area (Å²) in [7, 11) is 1.88. The molecule has 84 valence electrons. The summed E-state index contributed by atoms with van der Waals surface area (Å²) in [6, 6.07) is 6.99. The Kier molecular flexibility index (Phi) is 2.90. The standard InChI is InChI=1S/C12H13FN2O/c1-9-3-4-11(16-9)8-15(2)10-5-6-14-12(13)7-10/h3-7H,8H2,1-2H3. The summed E-state index contributed by atoms with van der Waals surface area (Å²) in [6.07, 6.45) is 1.45. The van der Waals surface area contributed by atoms with Crippen LogP contribution in [0.5, 0.6) is 0 Å². The summed E-state index contributed by atoms with van der Waals surface area (Å²) >= 11 is 0. The van der Waals surface area contributed by atoms with Gasteiger partial charge in [0.15, 0.2) is 0 Å². The Morgan fingerprint density at radius 1 is 1.38 bits per heavy atom. The molecule has 2 heterocycles. The molecule has 0 aromatic carbocycles. The number of pyridine rings is 1. The lowest BCUT2D eigenvalue weighted by Crippen LogP contribution is -2.16. The van der Waals surface area contributed by atoms with Crippen molar-refractivity contribution in [2.24, 2.45) is 0 Å². The molecule has 16 heavy (non-hydrogen) atoms. The Balaban J connectivity index is 2.11. The second-order valence-corrected chi connectivity index (χ2v) is 3.71. The first-order valence-electron chi connectivity index (χ1n) is 5.03. The number of aromatic nitrogens is 1. The van der Waals surface area contributed by atoms with Crippen LogP contribution in [0, 0.1) is 12.9 Å². The third-order valence-corrected chi connectivity index (χ3v) is 2.34. The van der Waals surface area contributed by atoms with Crippen molar-refractivity contribution in [1.82, 2.24) is 4.98 Å². The second-order valence-electron chi connectivity index (χ2n) is 3.71. The molecular formula is C12H13FN2O. The van der Waals surface area contributed by atoms with E-state index in [4.69, 9.17) is 4.42 Å². The number of anilines is 1. The number of hydrogen-bond acceptors (Lipinski definition) is 3. The minimum absolute atomic E-state index is 0.472. The van der Waals surface area contributed by atoms with E-state index in [9.17, 15) is 4.39 Å². The quantitative estimate of drug-likeness (QED) is 0.745. The average Bonchev–Trinajstić information content (AvgIpc) is 2.64. The van der Waals surface area contributed by atoms with Gasteiger partial charge in [-0.2, -0.15) is 4.39 Å². The number of aryl methyl sites for hydroxylation is 1. The molecule has 3 nitrogen and oxygen atoms in total. The zero-order valence-corrected chi connectivity index (χ0v) is 9.27. The van der Waals surface area contributed by atoms with Crippen LogP contribution in [0.2, 0.25) is 0 Å². The van der Waals surface area contributed by atoms with E-state index >= 15 is 0 Å². The number of rotatable bonds is 3. The zero-order valence-electron chi connectivity index (χ0n) is 9.27. The van der Waals surface area contributed by atoms with Gasteiger partial charge in [-0.1, -0.05) is 0 Å². The monoisotopic (exact) mass is 220 g/mol. The van der Waals surface area contributed by atoms with Crippen LogP contribution >= 0.6 is 0 Å². The fraction of sp³-hybridized carbons (Fsp3) is 0.250. The van der Waals surface area contributed by atoms with E-state index in [1.807, 2.05) is 31.0 Å². The topological polar surface area (TPSA) is 29.3 Å². The van der Waals surface area contributed by atoms with Crippen molar-refractivity contribution in [2.45, 2.75) is 13.5 Å². The molecule has 0 radical (unpaired) electrons. The Morgan fingerprint density at radius 3 is 2.81 bits per heavy atom. The highest BCUT2D eigenvalue weighted by molar-refractivity contribution is 5.44. The summed E-state index contributed by atoms with van der Waals surface area (Å²) in [5, 5.41) is 0. The highest BCUT2D eigenvalue weighted by Crippen LogP contribution is 2.16. The van der Waals surface area contributed by atoms with Crippen molar-refractivity contribution in [1.29, 1.82) is 0 Å². The summed E-state index contributed by atoms with van der Waals surface area (Å²) in [5.74, 6) is 1.27. The summed E-state index contributed by atoms with van der Waals surface area (Å²) in [6.45, 7) is 2.51. The van der Waals surface area contributed by atoms with Gasteiger partial charge in [-0.05, 0) is 25.1 Å². The van der Waals surface area contributed by atoms with E-state index in [2.05, 4.69) is 4.98 Å². The molecule has 0 aliphatic carbocycles. The van der Waals surface area contributed by atoms with E-state index in [-0.39, 0.29) is 0 Å². The largest absolute Gasteiger partial charge is 0.464 e. The predicted octanol–water partition coefficient (Wildman–Crippen LogP) is 2.76. The minimum atomic E-state index is -0.472. The van der Waals surface area contributed by atoms with Gasteiger partial charge in [0, 0.05) is 25.0 Å². The van der Waals surface area contributed by atoms with Crippen molar-refractivity contribution in [3.63, 3.8) is 0 Å². The highest BCUT2D eigenvalue weighted by Gasteiger charge is 2.06. The van der Waals surface area contributed by atoms with Gasteiger partial charge in [-0.3, -0.25) is 0 Å². The fourth-order valence-electron chi connectivity index (χ4n) is 1.52. The molecule has 0 unspecified atom stereocenters. The lowest BCUT2D eigenvalue weighted by Gasteiger charge is -2.17. The van der Waals surface area contributed by atoms with Crippen LogP contribution in [0.4, 0.5) is 10.1 Å².